The minimum Gasteiger partial charge on any atom is -0.377 e. The molecular formula is C19H22N4O. The van der Waals surface area contributed by atoms with Crippen molar-refractivity contribution in [3.8, 4) is 6.07 Å². The number of pyridine rings is 1. The maximum Gasteiger partial charge on any atom is 0.103 e. The summed E-state index contributed by atoms with van der Waals surface area (Å²) in [6.45, 7) is 5.86. The highest BCUT2D eigenvalue weighted by Crippen LogP contribution is 2.30. The Kier molecular flexibility index (Phi) is 4.33. The van der Waals surface area contributed by atoms with Crippen LogP contribution in [0.3, 0.4) is 0 Å². The van der Waals surface area contributed by atoms with Crippen LogP contribution >= 0.6 is 0 Å². The van der Waals surface area contributed by atoms with E-state index in [0.717, 1.165) is 55.9 Å². The number of para-hydroxylation sites is 1. The quantitative estimate of drug-likeness (QED) is 0.868. The van der Waals surface area contributed by atoms with Gasteiger partial charge in [0.1, 0.15) is 6.07 Å². The molecule has 0 bridgehead atoms. The Morgan fingerprint density at radius 3 is 2.79 bits per heavy atom. The Balaban J connectivity index is 1.53. The van der Waals surface area contributed by atoms with Crippen LogP contribution in [0.25, 0.3) is 10.9 Å². The third-order valence-corrected chi connectivity index (χ3v) is 5.04. The molecule has 2 aliphatic heterocycles. The smallest absolute Gasteiger partial charge is 0.103 e. The second kappa shape index (κ2) is 6.76. The van der Waals surface area contributed by atoms with E-state index in [1.54, 1.807) is 6.20 Å². The van der Waals surface area contributed by atoms with Crippen LogP contribution in [0.4, 0.5) is 5.69 Å². The van der Waals surface area contributed by atoms with Gasteiger partial charge in [0.2, 0.25) is 0 Å². The molecule has 0 amide bonds. The molecule has 2 fully saturated rings. The summed E-state index contributed by atoms with van der Waals surface area (Å²) in [5.41, 5.74) is 2.66. The van der Waals surface area contributed by atoms with E-state index in [1.165, 1.54) is 12.8 Å². The van der Waals surface area contributed by atoms with Crippen LogP contribution in [0.15, 0.2) is 30.5 Å². The lowest BCUT2D eigenvalue weighted by Gasteiger charge is -2.37. The van der Waals surface area contributed by atoms with E-state index in [0.29, 0.717) is 11.7 Å². The Labute approximate surface area is 142 Å². The van der Waals surface area contributed by atoms with E-state index >= 15 is 0 Å². The van der Waals surface area contributed by atoms with Gasteiger partial charge in [0.05, 0.1) is 22.9 Å². The summed E-state index contributed by atoms with van der Waals surface area (Å²) >= 11 is 0. The van der Waals surface area contributed by atoms with Crippen molar-refractivity contribution >= 4 is 16.6 Å². The van der Waals surface area contributed by atoms with Crippen molar-refractivity contribution in [2.75, 3.05) is 44.2 Å². The number of nitriles is 1. The van der Waals surface area contributed by atoms with Gasteiger partial charge >= 0.3 is 0 Å². The van der Waals surface area contributed by atoms with Crippen LogP contribution in [0.2, 0.25) is 0 Å². The molecule has 2 aromatic rings. The van der Waals surface area contributed by atoms with Crippen LogP contribution in [0, 0.1) is 11.3 Å². The maximum atomic E-state index is 9.51. The van der Waals surface area contributed by atoms with Crippen LogP contribution < -0.4 is 4.90 Å². The topological polar surface area (TPSA) is 52.4 Å². The first kappa shape index (κ1) is 15.4. The normalized spacial score (nSPS) is 22.0. The van der Waals surface area contributed by atoms with Gasteiger partial charge in [0.25, 0.3) is 0 Å². The molecule has 1 aromatic heterocycles. The highest BCUT2D eigenvalue weighted by Gasteiger charge is 2.24. The maximum absolute atomic E-state index is 9.51. The molecule has 5 heteroatoms. The SMILES string of the molecule is N#Cc1cnc2ccccc2c1N1CCN(C[C@@H]2CCCO2)CC1. The molecule has 1 atom stereocenters. The van der Waals surface area contributed by atoms with Gasteiger partial charge in [-0.15, -0.1) is 0 Å². The fraction of sp³-hybridized carbons (Fsp3) is 0.474. The highest BCUT2D eigenvalue weighted by atomic mass is 16.5. The van der Waals surface area contributed by atoms with E-state index in [1.807, 2.05) is 18.2 Å². The Hall–Kier alpha value is -2.16. The minimum atomic E-state index is 0.410. The van der Waals surface area contributed by atoms with Crippen molar-refractivity contribution in [1.82, 2.24) is 9.88 Å². The third kappa shape index (κ3) is 2.95. The van der Waals surface area contributed by atoms with Crippen molar-refractivity contribution in [3.63, 3.8) is 0 Å². The molecule has 0 spiro atoms. The van der Waals surface area contributed by atoms with Crippen LogP contribution in [0.5, 0.6) is 0 Å². The van der Waals surface area contributed by atoms with Gasteiger partial charge in [-0.1, -0.05) is 18.2 Å². The predicted octanol–water partition coefficient (Wildman–Crippen LogP) is 2.41. The molecule has 0 saturated carbocycles. The molecule has 1 aromatic carbocycles. The molecule has 24 heavy (non-hydrogen) atoms. The molecular weight excluding hydrogens is 300 g/mol. The number of ether oxygens (including phenoxy) is 1. The van der Waals surface area contributed by atoms with Crippen LogP contribution in [-0.4, -0.2) is 55.3 Å². The second-order valence-electron chi connectivity index (χ2n) is 6.57. The van der Waals surface area contributed by atoms with Crippen LogP contribution in [-0.2, 0) is 4.74 Å². The second-order valence-corrected chi connectivity index (χ2v) is 6.57. The number of anilines is 1. The minimum absolute atomic E-state index is 0.410. The largest absolute Gasteiger partial charge is 0.377 e. The zero-order valence-corrected chi connectivity index (χ0v) is 13.8. The highest BCUT2D eigenvalue weighted by molar-refractivity contribution is 5.94. The fourth-order valence-corrected chi connectivity index (χ4v) is 3.78. The molecule has 5 nitrogen and oxygen atoms in total. The fourth-order valence-electron chi connectivity index (χ4n) is 3.78. The lowest BCUT2D eigenvalue weighted by molar-refractivity contribution is 0.0713. The zero-order chi connectivity index (χ0) is 16.4. The summed E-state index contributed by atoms with van der Waals surface area (Å²) < 4.78 is 5.75. The van der Waals surface area contributed by atoms with Crippen molar-refractivity contribution in [2.45, 2.75) is 18.9 Å². The molecule has 3 heterocycles. The Morgan fingerprint density at radius 2 is 2.04 bits per heavy atom. The number of aromatic nitrogens is 1. The number of fused-ring (bicyclic) bond motifs is 1. The molecule has 2 aliphatic rings. The first-order chi connectivity index (χ1) is 11.8. The zero-order valence-electron chi connectivity index (χ0n) is 13.8. The first-order valence-electron chi connectivity index (χ1n) is 8.72. The number of hydrogen-bond donors (Lipinski definition) is 0. The number of piperazine rings is 1. The number of rotatable bonds is 3. The van der Waals surface area contributed by atoms with Gasteiger partial charge in [0.15, 0.2) is 0 Å². The van der Waals surface area contributed by atoms with Crippen molar-refractivity contribution in [1.29, 1.82) is 5.26 Å². The number of hydrogen-bond acceptors (Lipinski definition) is 5. The van der Waals surface area contributed by atoms with E-state index < -0.39 is 0 Å². The monoisotopic (exact) mass is 322 g/mol. The molecule has 0 radical (unpaired) electrons. The van der Waals surface area contributed by atoms with E-state index in [-0.39, 0.29) is 0 Å². The Morgan fingerprint density at radius 1 is 1.21 bits per heavy atom. The van der Waals surface area contributed by atoms with Gasteiger partial charge < -0.3 is 9.64 Å². The summed E-state index contributed by atoms with van der Waals surface area (Å²) in [7, 11) is 0. The molecule has 2 saturated heterocycles. The average molecular weight is 322 g/mol. The van der Waals surface area contributed by atoms with Gasteiger partial charge in [-0.25, -0.2) is 0 Å². The summed E-state index contributed by atoms with van der Waals surface area (Å²) in [5, 5.41) is 10.6. The Bertz CT molecular complexity index is 756. The van der Waals surface area contributed by atoms with E-state index in [9.17, 15) is 5.26 Å². The molecule has 124 valence electrons. The number of nitrogens with zero attached hydrogens (tertiary/aromatic N) is 4. The third-order valence-electron chi connectivity index (χ3n) is 5.04. The lowest BCUT2D eigenvalue weighted by atomic mass is 10.1. The van der Waals surface area contributed by atoms with Crippen molar-refractivity contribution in [2.24, 2.45) is 0 Å². The lowest BCUT2D eigenvalue weighted by Crippen LogP contribution is -2.48. The molecule has 0 unspecified atom stereocenters. The van der Waals surface area contributed by atoms with Gasteiger partial charge in [-0.05, 0) is 18.9 Å². The van der Waals surface area contributed by atoms with Gasteiger partial charge in [0, 0.05) is 50.9 Å². The van der Waals surface area contributed by atoms with Crippen LogP contribution in [0.1, 0.15) is 18.4 Å². The molecule has 4 rings (SSSR count). The summed E-state index contributed by atoms with van der Waals surface area (Å²) in [6.07, 6.45) is 4.50. The van der Waals surface area contributed by atoms with Crippen molar-refractivity contribution < 1.29 is 4.74 Å². The van der Waals surface area contributed by atoms with E-state index in [4.69, 9.17) is 4.74 Å². The summed E-state index contributed by atoms with van der Waals surface area (Å²) in [6, 6.07) is 10.4. The predicted molar refractivity (Wildman–Crippen MR) is 94.1 cm³/mol. The number of benzene rings is 1. The summed E-state index contributed by atoms with van der Waals surface area (Å²) in [5.74, 6) is 0. The molecule has 0 aliphatic carbocycles. The standard InChI is InChI=1S/C19H22N4O/c20-12-15-13-21-18-6-2-1-5-17(18)19(15)23-9-7-22(8-10-23)14-16-4-3-11-24-16/h1-2,5-6,13,16H,3-4,7-11,14H2/t16-/m0/s1. The van der Waals surface area contributed by atoms with E-state index in [2.05, 4.69) is 26.9 Å². The van der Waals surface area contributed by atoms with Gasteiger partial charge in [-0.2, -0.15) is 5.26 Å². The first-order valence-corrected chi connectivity index (χ1v) is 8.72. The van der Waals surface area contributed by atoms with Crippen molar-refractivity contribution in [3.05, 3.63) is 36.0 Å². The molecule has 0 N–H and O–H groups in total. The average Bonchev–Trinajstić information content (AvgIpc) is 3.14. The summed E-state index contributed by atoms with van der Waals surface area (Å²) in [4.78, 5) is 9.24. The van der Waals surface area contributed by atoms with Gasteiger partial charge in [-0.3, -0.25) is 9.88 Å².